The van der Waals surface area contributed by atoms with Crippen LogP contribution in [0.25, 0.3) is 10.9 Å². The third-order valence-electron chi connectivity index (χ3n) is 5.04. The molecule has 2 heterocycles. The van der Waals surface area contributed by atoms with Crippen molar-refractivity contribution in [3.8, 4) is 0 Å². The van der Waals surface area contributed by atoms with Crippen LogP contribution in [-0.2, 0) is 17.8 Å². The summed E-state index contributed by atoms with van der Waals surface area (Å²) in [7, 11) is 0. The van der Waals surface area contributed by atoms with Crippen molar-refractivity contribution in [3.63, 3.8) is 0 Å². The highest BCUT2D eigenvalue weighted by Crippen LogP contribution is 2.18. The quantitative estimate of drug-likeness (QED) is 0.752. The summed E-state index contributed by atoms with van der Waals surface area (Å²) in [4.78, 5) is 25.6. The fourth-order valence-corrected chi connectivity index (χ4v) is 3.47. The predicted octanol–water partition coefficient (Wildman–Crippen LogP) is 2.24. The van der Waals surface area contributed by atoms with E-state index >= 15 is 0 Å². The zero-order valence-corrected chi connectivity index (χ0v) is 15.5. The molecule has 1 aliphatic rings. The molecule has 6 nitrogen and oxygen atoms in total. The Hall–Kier alpha value is -3.06. The number of nitrogen functional groups attached to an aromatic ring is 1. The number of anilines is 1. The van der Waals surface area contributed by atoms with E-state index in [0.29, 0.717) is 37.7 Å². The van der Waals surface area contributed by atoms with Gasteiger partial charge in [0.25, 0.3) is 0 Å². The smallest absolute Gasteiger partial charge is 0.227 e. The molecular weight excluding hydrogens is 357 g/mol. The van der Waals surface area contributed by atoms with Gasteiger partial charge in [0.1, 0.15) is 17.5 Å². The van der Waals surface area contributed by atoms with E-state index in [9.17, 15) is 9.18 Å². The Kier molecular flexibility index (Phi) is 5.16. The summed E-state index contributed by atoms with van der Waals surface area (Å²) in [6.45, 7) is 3.43. The van der Waals surface area contributed by atoms with Gasteiger partial charge in [-0.15, -0.1) is 0 Å². The minimum absolute atomic E-state index is 0.0671. The van der Waals surface area contributed by atoms with Crippen LogP contribution < -0.4 is 5.73 Å². The minimum Gasteiger partial charge on any atom is -0.383 e. The Morgan fingerprint density at radius 3 is 2.46 bits per heavy atom. The Morgan fingerprint density at radius 2 is 1.71 bits per heavy atom. The number of hydrogen-bond acceptors (Lipinski definition) is 5. The Labute approximate surface area is 162 Å². The topological polar surface area (TPSA) is 75.3 Å². The molecule has 2 aromatic carbocycles. The SMILES string of the molecule is Nc1nc(CN2CCN(C(=O)Cc3ccc(F)cc3)CC2)nc2ccccc12. The molecule has 28 heavy (non-hydrogen) atoms. The van der Waals surface area contributed by atoms with Crippen LogP contribution in [0.4, 0.5) is 10.2 Å². The maximum atomic E-state index is 13.0. The van der Waals surface area contributed by atoms with Gasteiger partial charge >= 0.3 is 0 Å². The van der Waals surface area contributed by atoms with Crippen LogP contribution >= 0.6 is 0 Å². The molecule has 7 heteroatoms. The van der Waals surface area contributed by atoms with Crippen LogP contribution in [0.3, 0.4) is 0 Å². The van der Waals surface area contributed by atoms with Crippen molar-refractivity contribution in [2.75, 3.05) is 31.9 Å². The third kappa shape index (κ3) is 4.09. The van der Waals surface area contributed by atoms with Crippen molar-refractivity contribution in [1.82, 2.24) is 19.8 Å². The molecular formula is C21H22FN5O. The van der Waals surface area contributed by atoms with E-state index in [1.165, 1.54) is 12.1 Å². The fourth-order valence-electron chi connectivity index (χ4n) is 3.47. The van der Waals surface area contributed by atoms with Gasteiger partial charge < -0.3 is 10.6 Å². The van der Waals surface area contributed by atoms with Gasteiger partial charge in [-0.25, -0.2) is 14.4 Å². The summed E-state index contributed by atoms with van der Waals surface area (Å²) in [5.41, 5.74) is 7.73. The number of rotatable bonds is 4. The molecule has 0 aliphatic carbocycles. The number of carbonyl (C=O) groups excluding carboxylic acids is 1. The second-order valence-corrected chi connectivity index (χ2v) is 7.00. The Morgan fingerprint density at radius 1 is 1.00 bits per heavy atom. The largest absolute Gasteiger partial charge is 0.383 e. The number of nitrogens with zero attached hydrogens (tertiary/aromatic N) is 4. The second-order valence-electron chi connectivity index (χ2n) is 7.00. The molecule has 0 atom stereocenters. The monoisotopic (exact) mass is 379 g/mol. The first-order chi connectivity index (χ1) is 13.6. The molecule has 1 fully saturated rings. The number of nitrogens with two attached hydrogens (primary N) is 1. The highest BCUT2D eigenvalue weighted by atomic mass is 19.1. The fraction of sp³-hybridized carbons (Fsp3) is 0.286. The summed E-state index contributed by atoms with van der Waals surface area (Å²) < 4.78 is 13.0. The lowest BCUT2D eigenvalue weighted by Crippen LogP contribution is -2.48. The lowest BCUT2D eigenvalue weighted by atomic mass is 10.1. The Bertz CT molecular complexity index is 984. The normalized spacial score (nSPS) is 15.1. The lowest BCUT2D eigenvalue weighted by Gasteiger charge is -2.34. The maximum Gasteiger partial charge on any atom is 0.227 e. The molecule has 0 unspecified atom stereocenters. The van der Waals surface area contributed by atoms with Crippen LogP contribution in [0.15, 0.2) is 48.5 Å². The molecule has 144 valence electrons. The molecule has 0 radical (unpaired) electrons. The Balaban J connectivity index is 1.34. The number of aromatic nitrogens is 2. The number of piperazine rings is 1. The van der Waals surface area contributed by atoms with Gasteiger partial charge in [0.15, 0.2) is 0 Å². The van der Waals surface area contributed by atoms with Gasteiger partial charge in [-0.05, 0) is 29.8 Å². The van der Waals surface area contributed by atoms with Crippen molar-refractivity contribution < 1.29 is 9.18 Å². The van der Waals surface area contributed by atoms with Gasteiger partial charge in [0, 0.05) is 31.6 Å². The predicted molar refractivity (Wildman–Crippen MR) is 106 cm³/mol. The standard InChI is InChI=1S/C21H22FN5O/c22-16-7-5-15(6-8-16)13-20(28)27-11-9-26(10-12-27)14-19-24-18-4-2-1-3-17(18)21(23)25-19/h1-8H,9-14H2,(H2,23,24,25). The zero-order chi connectivity index (χ0) is 19.5. The van der Waals surface area contributed by atoms with Crippen molar-refractivity contribution >= 4 is 22.6 Å². The van der Waals surface area contributed by atoms with Crippen LogP contribution in [-0.4, -0.2) is 51.9 Å². The van der Waals surface area contributed by atoms with E-state index < -0.39 is 0 Å². The summed E-state index contributed by atoms with van der Waals surface area (Å²) in [5, 5.41) is 0.863. The molecule has 1 aliphatic heterocycles. The molecule has 1 aromatic heterocycles. The zero-order valence-electron chi connectivity index (χ0n) is 15.5. The van der Waals surface area contributed by atoms with E-state index in [-0.39, 0.29) is 11.7 Å². The number of carbonyl (C=O) groups is 1. The second kappa shape index (κ2) is 7.90. The molecule has 4 rings (SSSR count). The molecule has 0 bridgehead atoms. The first kappa shape index (κ1) is 18.3. The molecule has 1 amide bonds. The van der Waals surface area contributed by atoms with Gasteiger partial charge in [-0.2, -0.15) is 0 Å². The van der Waals surface area contributed by atoms with E-state index in [1.807, 2.05) is 29.2 Å². The van der Waals surface area contributed by atoms with Crippen LogP contribution in [0, 0.1) is 5.82 Å². The lowest BCUT2D eigenvalue weighted by molar-refractivity contribution is -0.132. The molecule has 1 saturated heterocycles. The van der Waals surface area contributed by atoms with Crippen molar-refractivity contribution in [2.24, 2.45) is 0 Å². The summed E-state index contributed by atoms with van der Waals surface area (Å²) in [6.07, 6.45) is 0.296. The van der Waals surface area contributed by atoms with E-state index in [2.05, 4.69) is 14.9 Å². The van der Waals surface area contributed by atoms with Crippen LogP contribution in [0.1, 0.15) is 11.4 Å². The number of fused-ring (bicyclic) bond motifs is 1. The average Bonchev–Trinajstić information content (AvgIpc) is 2.70. The highest BCUT2D eigenvalue weighted by molar-refractivity contribution is 5.87. The van der Waals surface area contributed by atoms with E-state index in [4.69, 9.17) is 5.73 Å². The number of amides is 1. The number of benzene rings is 2. The first-order valence-electron chi connectivity index (χ1n) is 9.34. The van der Waals surface area contributed by atoms with Gasteiger partial charge in [0.2, 0.25) is 5.91 Å². The summed E-state index contributed by atoms with van der Waals surface area (Å²) in [6, 6.07) is 13.8. The highest BCUT2D eigenvalue weighted by Gasteiger charge is 2.22. The van der Waals surface area contributed by atoms with Crippen molar-refractivity contribution in [1.29, 1.82) is 0 Å². The van der Waals surface area contributed by atoms with Crippen LogP contribution in [0.2, 0.25) is 0 Å². The van der Waals surface area contributed by atoms with Gasteiger partial charge in [-0.1, -0.05) is 24.3 Å². The maximum absolute atomic E-state index is 13.0. The summed E-state index contributed by atoms with van der Waals surface area (Å²) in [5.74, 6) is 0.967. The average molecular weight is 379 g/mol. The van der Waals surface area contributed by atoms with E-state index in [0.717, 1.165) is 29.6 Å². The van der Waals surface area contributed by atoms with Gasteiger partial charge in [0.05, 0.1) is 18.5 Å². The molecule has 0 spiro atoms. The van der Waals surface area contributed by atoms with Crippen LogP contribution in [0.5, 0.6) is 0 Å². The van der Waals surface area contributed by atoms with Crippen molar-refractivity contribution in [3.05, 3.63) is 65.7 Å². The molecule has 3 aromatic rings. The first-order valence-corrected chi connectivity index (χ1v) is 9.34. The number of hydrogen-bond donors (Lipinski definition) is 1. The molecule has 0 saturated carbocycles. The molecule has 2 N–H and O–H groups in total. The number of para-hydroxylation sites is 1. The van der Waals surface area contributed by atoms with Crippen molar-refractivity contribution in [2.45, 2.75) is 13.0 Å². The summed E-state index contributed by atoms with van der Waals surface area (Å²) >= 11 is 0. The van der Waals surface area contributed by atoms with Gasteiger partial charge in [-0.3, -0.25) is 9.69 Å². The number of halogens is 1. The minimum atomic E-state index is -0.290. The van der Waals surface area contributed by atoms with E-state index in [1.54, 1.807) is 12.1 Å². The third-order valence-corrected chi connectivity index (χ3v) is 5.04.